The van der Waals surface area contributed by atoms with Gasteiger partial charge in [-0.2, -0.15) is 11.8 Å². The van der Waals surface area contributed by atoms with E-state index >= 15 is 0 Å². The topological polar surface area (TPSA) is 26.0 Å². The Hall–Kier alpha value is 0.310. The molecule has 2 heteroatoms. The number of rotatable bonds is 5. The minimum atomic E-state index is 0.491. The van der Waals surface area contributed by atoms with Crippen molar-refractivity contribution in [3.63, 3.8) is 0 Å². The molecule has 0 spiro atoms. The lowest BCUT2D eigenvalue weighted by Crippen LogP contribution is -2.37. The highest BCUT2D eigenvalue weighted by atomic mass is 32.2. The van der Waals surface area contributed by atoms with Crippen molar-refractivity contribution in [1.82, 2.24) is 0 Å². The second-order valence-electron chi connectivity index (χ2n) is 5.96. The molecule has 0 saturated heterocycles. The van der Waals surface area contributed by atoms with Gasteiger partial charge in [-0.1, -0.05) is 13.8 Å². The molecule has 0 aliphatic heterocycles. The summed E-state index contributed by atoms with van der Waals surface area (Å²) in [6.45, 7) is 5.70. The van der Waals surface area contributed by atoms with Gasteiger partial charge in [0.15, 0.2) is 0 Å². The predicted octanol–water partition coefficient (Wildman–Crippen LogP) is 3.67. The van der Waals surface area contributed by atoms with Crippen molar-refractivity contribution in [1.29, 1.82) is 0 Å². The van der Waals surface area contributed by atoms with Crippen LogP contribution in [-0.2, 0) is 0 Å². The molecule has 0 amide bonds. The molecule has 1 aliphatic rings. The highest BCUT2D eigenvalue weighted by Crippen LogP contribution is 2.46. The van der Waals surface area contributed by atoms with Crippen LogP contribution in [0.15, 0.2) is 0 Å². The van der Waals surface area contributed by atoms with Gasteiger partial charge < -0.3 is 5.73 Å². The van der Waals surface area contributed by atoms with Crippen LogP contribution in [0.25, 0.3) is 0 Å². The number of hydrogen-bond acceptors (Lipinski definition) is 2. The van der Waals surface area contributed by atoms with E-state index in [1.54, 1.807) is 0 Å². The maximum Gasteiger partial charge on any atom is -0.00205 e. The van der Waals surface area contributed by atoms with Gasteiger partial charge in [0, 0.05) is 0 Å². The quantitative estimate of drug-likeness (QED) is 0.728. The molecule has 1 rings (SSSR count). The summed E-state index contributed by atoms with van der Waals surface area (Å²) in [7, 11) is 0. The van der Waals surface area contributed by atoms with Crippen LogP contribution in [0.5, 0.6) is 0 Å². The largest absolute Gasteiger partial charge is 0.330 e. The molecule has 1 aliphatic carbocycles. The van der Waals surface area contributed by atoms with E-state index in [-0.39, 0.29) is 0 Å². The first-order valence-corrected chi connectivity index (χ1v) is 7.62. The second kappa shape index (κ2) is 5.58. The van der Waals surface area contributed by atoms with E-state index in [1.807, 2.05) is 11.8 Å². The van der Waals surface area contributed by atoms with Gasteiger partial charge in [0.2, 0.25) is 0 Å². The van der Waals surface area contributed by atoms with Crippen LogP contribution in [0.3, 0.4) is 0 Å². The van der Waals surface area contributed by atoms with Crippen LogP contribution < -0.4 is 5.73 Å². The lowest BCUT2D eigenvalue weighted by Gasteiger charge is -2.43. The van der Waals surface area contributed by atoms with E-state index in [0.717, 1.165) is 6.54 Å². The fourth-order valence-electron chi connectivity index (χ4n) is 2.60. The molecular weight excluding hydrogens is 202 g/mol. The van der Waals surface area contributed by atoms with E-state index < -0.39 is 0 Å². The zero-order valence-electron chi connectivity index (χ0n) is 10.6. The highest BCUT2D eigenvalue weighted by Gasteiger charge is 2.36. The molecule has 1 fully saturated rings. The fourth-order valence-corrected chi connectivity index (χ4v) is 3.04. The molecular formula is C13H27NS. The Balaban J connectivity index is 2.41. The predicted molar refractivity (Wildman–Crippen MR) is 71.4 cm³/mol. The monoisotopic (exact) mass is 229 g/mol. The number of thioether (sulfide) groups is 1. The lowest BCUT2D eigenvalue weighted by atomic mass is 9.63. The first kappa shape index (κ1) is 13.4. The van der Waals surface area contributed by atoms with Crippen LogP contribution in [0.4, 0.5) is 0 Å². The molecule has 90 valence electrons. The Kier molecular flexibility index (Phi) is 4.98. The minimum Gasteiger partial charge on any atom is -0.330 e. The Morgan fingerprint density at radius 3 is 2.20 bits per heavy atom. The van der Waals surface area contributed by atoms with Crippen molar-refractivity contribution in [2.75, 3.05) is 18.6 Å². The summed E-state index contributed by atoms with van der Waals surface area (Å²) < 4.78 is 0. The van der Waals surface area contributed by atoms with E-state index in [2.05, 4.69) is 20.1 Å². The zero-order valence-corrected chi connectivity index (χ0v) is 11.5. The van der Waals surface area contributed by atoms with Gasteiger partial charge in [-0.3, -0.25) is 0 Å². The average molecular weight is 229 g/mol. The summed E-state index contributed by atoms with van der Waals surface area (Å²) in [5.74, 6) is 1.30. The summed E-state index contributed by atoms with van der Waals surface area (Å²) in [6.07, 6.45) is 10.3. The molecule has 0 radical (unpaired) electrons. The van der Waals surface area contributed by atoms with Crippen LogP contribution in [0.2, 0.25) is 0 Å². The van der Waals surface area contributed by atoms with Gasteiger partial charge in [0.05, 0.1) is 0 Å². The van der Waals surface area contributed by atoms with Gasteiger partial charge in [-0.05, 0) is 67.9 Å². The summed E-state index contributed by atoms with van der Waals surface area (Å²) >= 11 is 1.96. The fraction of sp³-hybridized carbons (Fsp3) is 1.00. The zero-order chi connectivity index (χ0) is 11.4. The standard InChI is InChI=1S/C13H27NS/c1-12(2)6-8-13(11-14,9-7-12)5-4-10-15-3/h4-11,14H2,1-3H3. The van der Waals surface area contributed by atoms with Gasteiger partial charge >= 0.3 is 0 Å². The van der Waals surface area contributed by atoms with Crippen molar-refractivity contribution in [3.8, 4) is 0 Å². The molecule has 0 bridgehead atoms. The Morgan fingerprint density at radius 1 is 1.13 bits per heavy atom. The van der Waals surface area contributed by atoms with Gasteiger partial charge in [-0.25, -0.2) is 0 Å². The first-order chi connectivity index (χ1) is 7.04. The Bertz CT molecular complexity index is 179. The van der Waals surface area contributed by atoms with Crippen LogP contribution in [0, 0.1) is 10.8 Å². The van der Waals surface area contributed by atoms with Crippen molar-refractivity contribution >= 4 is 11.8 Å². The summed E-state index contributed by atoms with van der Waals surface area (Å²) in [4.78, 5) is 0. The van der Waals surface area contributed by atoms with E-state index in [4.69, 9.17) is 5.73 Å². The molecule has 0 aromatic heterocycles. The smallest absolute Gasteiger partial charge is 0.00205 e. The molecule has 0 aromatic rings. The van der Waals surface area contributed by atoms with E-state index in [1.165, 1.54) is 44.3 Å². The first-order valence-electron chi connectivity index (χ1n) is 6.23. The van der Waals surface area contributed by atoms with Crippen molar-refractivity contribution in [2.45, 2.75) is 52.4 Å². The molecule has 2 N–H and O–H groups in total. The average Bonchev–Trinajstić information content (AvgIpc) is 2.22. The normalized spacial score (nSPS) is 24.0. The molecule has 0 aromatic carbocycles. The molecule has 1 nitrogen and oxygen atoms in total. The van der Waals surface area contributed by atoms with Gasteiger partial charge in [0.1, 0.15) is 0 Å². The van der Waals surface area contributed by atoms with Crippen molar-refractivity contribution in [2.24, 2.45) is 16.6 Å². The SMILES string of the molecule is CSCCCC1(CN)CCC(C)(C)CC1. The molecule has 0 atom stereocenters. The molecule has 0 heterocycles. The van der Waals surface area contributed by atoms with Crippen molar-refractivity contribution in [3.05, 3.63) is 0 Å². The summed E-state index contributed by atoms with van der Waals surface area (Å²) in [5, 5.41) is 0. The third-order valence-corrected chi connectivity index (χ3v) is 4.85. The third kappa shape index (κ3) is 3.99. The molecule has 15 heavy (non-hydrogen) atoms. The molecule has 1 saturated carbocycles. The molecule has 0 unspecified atom stereocenters. The second-order valence-corrected chi connectivity index (χ2v) is 6.95. The van der Waals surface area contributed by atoms with E-state index in [0.29, 0.717) is 10.8 Å². The Labute approximate surface area is 99.6 Å². The van der Waals surface area contributed by atoms with Crippen molar-refractivity contribution < 1.29 is 0 Å². The highest BCUT2D eigenvalue weighted by molar-refractivity contribution is 7.98. The van der Waals surface area contributed by atoms with Gasteiger partial charge in [-0.15, -0.1) is 0 Å². The van der Waals surface area contributed by atoms with Gasteiger partial charge in [0.25, 0.3) is 0 Å². The summed E-state index contributed by atoms with van der Waals surface area (Å²) in [6, 6.07) is 0. The van der Waals surface area contributed by atoms with Crippen LogP contribution >= 0.6 is 11.8 Å². The minimum absolute atomic E-state index is 0.491. The van der Waals surface area contributed by atoms with Crippen LogP contribution in [0.1, 0.15) is 52.4 Å². The summed E-state index contributed by atoms with van der Waals surface area (Å²) in [5.41, 5.74) is 7.06. The van der Waals surface area contributed by atoms with Crippen LogP contribution in [-0.4, -0.2) is 18.6 Å². The maximum atomic E-state index is 6.00. The third-order valence-electron chi connectivity index (χ3n) is 4.15. The maximum absolute atomic E-state index is 6.00. The number of nitrogens with two attached hydrogens (primary N) is 1. The Morgan fingerprint density at radius 2 is 1.73 bits per heavy atom. The number of hydrogen-bond donors (Lipinski definition) is 1. The lowest BCUT2D eigenvalue weighted by molar-refractivity contribution is 0.0990. The van der Waals surface area contributed by atoms with E-state index in [9.17, 15) is 0 Å².